The van der Waals surface area contributed by atoms with E-state index in [1.165, 1.54) is 0 Å². The highest BCUT2D eigenvalue weighted by Gasteiger charge is 2.11. The molecule has 144 valence electrons. The molecule has 6 heteroatoms. The van der Waals surface area contributed by atoms with Gasteiger partial charge in [0.15, 0.2) is 6.29 Å². The van der Waals surface area contributed by atoms with Crippen molar-refractivity contribution in [3.63, 3.8) is 0 Å². The molecule has 0 saturated carbocycles. The average Bonchev–Trinajstić information content (AvgIpc) is 3.10. The van der Waals surface area contributed by atoms with Crippen molar-refractivity contribution in [2.24, 2.45) is 0 Å². The molecule has 0 atom stereocenters. The summed E-state index contributed by atoms with van der Waals surface area (Å²) in [5.74, 6) is 0. The van der Waals surface area contributed by atoms with E-state index in [9.17, 15) is 4.79 Å². The zero-order chi connectivity index (χ0) is 20.1. The second-order valence-corrected chi connectivity index (χ2v) is 7.44. The molecule has 29 heavy (non-hydrogen) atoms. The van der Waals surface area contributed by atoms with Gasteiger partial charge in [-0.25, -0.2) is 4.68 Å². The zero-order valence-electron chi connectivity index (χ0n) is 15.9. The Morgan fingerprint density at radius 3 is 2.72 bits per heavy atom. The summed E-state index contributed by atoms with van der Waals surface area (Å²) in [4.78, 5) is 17.6. The van der Waals surface area contributed by atoms with Crippen molar-refractivity contribution >= 4 is 41.1 Å². The summed E-state index contributed by atoms with van der Waals surface area (Å²) in [5, 5.41) is 5.72. The Morgan fingerprint density at radius 1 is 1.07 bits per heavy atom. The highest BCUT2D eigenvalue weighted by atomic mass is 32.2. The molecule has 0 aliphatic rings. The van der Waals surface area contributed by atoms with Crippen LogP contribution in [0.1, 0.15) is 21.7 Å². The average molecular weight is 401 g/mol. The maximum Gasteiger partial charge on any atom is 0.151 e. The first-order valence-corrected chi connectivity index (χ1v) is 9.91. The zero-order valence-corrected chi connectivity index (χ0v) is 16.7. The molecule has 2 aromatic carbocycles. The summed E-state index contributed by atoms with van der Waals surface area (Å²) in [5.41, 5.74) is 3.38. The number of hydrogen-bond donors (Lipinski definition) is 0. The minimum Gasteiger partial charge on any atom is -0.362 e. The van der Waals surface area contributed by atoms with Gasteiger partial charge in [0.25, 0.3) is 0 Å². The van der Waals surface area contributed by atoms with Crippen LogP contribution in [0, 0.1) is 0 Å². The van der Waals surface area contributed by atoms with E-state index < -0.39 is 0 Å². The molecule has 0 N–H and O–H groups in total. The highest BCUT2D eigenvalue weighted by molar-refractivity contribution is 7.99. The number of benzene rings is 2. The maximum atomic E-state index is 11.3. The van der Waals surface area contributed by atoms with Gasteiger partial charge >= 0.3 is 0 Å². The molecule has 0 spiro atoms. The molecule has 4 rings (SSSR count). The van der Waals surface area contributed by atoms with Crippen LogP contribution in [-0.2, 0) is 11.5 Å². The summed E-state index contributed by atoms with van der Waals surface area (Å²) >= 11 is 1.56. The number of methoxy groups -OCH3 is 1. The highest BCUT2D eigenvalue weighted by Crippen LogP contribution is 2.33. The summed E-state index contributed by atoms with van der Waals surface area (Å²) in [7, 11) is 1.65. The summed E-state index contributed by atoms with van der Waals surface area (Å²) < 4.78 is 7.15. The number of fused-ring (bicyclic) bond motifs is 1. The van der Waals surface area contributed by atoms with E-state index in [2.05, 4.69) is 22.2 Å². The number of carbonyl (C=O) groups excluding carboxylic acids is 1. The molecular formula is C23H19N3O2S. The monoisotopic (exact) mass is 401 g/mol. The molecule has 0 bridgehead atoms. The molecule has 0 aliphatic carbocycles. The van der Waals surface area contributed by atoms with Crippen molar-refractivity contribution in [3.05, 3.63) is 83.8 Å². The van der Waals surface area contributed by atoms with Crippen LogP contribution in [0.3, 0.4) is 0 Å². The standard InChI is InChI=1S/C23H19N3O2S/c1-28-16-26-22-14-19(29-23-8-3-2-6-17(23)15-27)10-11-20(22)21(25-26)12-9-18-7-4-5-13-24-18/h2-15H,16H2,1H3/b12-9+. The maximum absolute atomic E-state index is 11.3. The topological polar surface area (TPSA) is 57.0 Å². The van der Waals surface area contributed by atoms with Gasteiger partial charge in [-0.05, 0) is 48.6 Å². The van der Waals surface area contributed by atoms with Gasteiger partial charge < -0.3 is 4.74 Å². The Bertz CT molecular complexity index is 1170. The molecule has 0 radical (unpaired) electrons. The molecule has 0 amide bonds. The van der Waals surface area contributed by atoms with Gasteiger partial charge in [0, 0.05) is 34.0 Å². The van der Waals surface area contributed by atoms with Crippen LogP contribution in [0.4, 0.5) is 0 Å². The molecule has 2 heterocycles. The lowest BCUT2D eigenvalue weighted by molar-refractivity contribution is 0.112. The first kappa shape index (κ1) is 19.1. The first-order valence-electron chi connectivity index (χ1n) is 9.09. The third-order valence-corrected chi connectivity index (χ3v) is 5.46. The van der Waals surface area contributed by atoms with Gasteiger partial charge in [-0.1, -0.05) is 36.0 Å². The molecular weight excluding hydrogens is 382 g/mol. The van der Waals surface area contributed by atoms with Crippen LogP contribution in [0.15, 0.2) is 76.7 Å². The van der Waals surface area contributed by atoms with E-state index in [0.29, 0.717) is 12.3 Å². The molecule has 0 fully saturated rings. The van der Waals surface area contributed by atoms with Gasteiger partial charge in [0.1, 0.15) is 6.73 Å². The SMILES string of the molecule is COCn1nc(/C=C/c2ccccn2)c2ccc(Sc3ccccc3C=O)cc21. The van der Waals surface area contributed by atoms with Gasteiger partial charge in [0.2, 0.25) is 0 Å². The van der Waals surface area contributed by atoms with Crippen molar-refractivity contribution in [3.8, 4) is 0 Å². The smallest absolute Gasteiger partial charge is 0.151 e. The van der Waals surface area contributed by atoms with Gasteiger partial charge in [0.05, 0.1) is 16.9 Å². The number of carbonyl (C=O) groups is 1. The van der Waals surface area contributed by atoms with Crippen LogP contribution >= 0.6 is 11.8 Å². The van der Waals surface area contributed by atoms with E-state index in [4.69, 9.17) is 4.74 Å². The number of nitrogens with zero attached hydrogens (tertiary/aromatic N) is 3. The fourth-order valence-electron chi connectivity index (χ4n) is 3.02. The second-order valence-electron chi connectivity index (χ2n) is 6.33. The molecule has 0 unspecified atom stereocenters. The lowest BCUT2D eigenvalue weighted by Crippen LogP contribution is -2.01. The second kappa shape index (κ2) is 8.86. The first-order chi connectivity index (χ1) is 14.3. The largest absolute Gasteiger partial charge is 0.362 e. The Labute approximate surface area is 173 Å². The Hall–Kier alpha value is -3.22. The van der Waals surface area contributed by atoms with E-state index >= 15 is 0 Å². The molecule has 0 aliphatic heterocycles. The van der Waals surface area contributed by atoms with Crippen LogP contribution in [0.25, 0.3) is 23.1 Å². The van der Waals surface area contributed by atoms with Crippen molar-refractivity contribution in [1.82, 2.24) is 14.8 Å². The predicted molar refractivity (Wildman–Crippen MR) is 116 cm³/mol. The third kappa shape index (κ3) is 4.29. The number of hydrogen-bond acceptors (Lipinski definition) is 5. The Balaban J connectivity index is 1.71. The van der Waals surface area contributed by atoms with E-state index in [1.54, 1.807) is 25.1 Å². The van der Waals surface area contributed by atoms with Crippen molar-refractivity contribution < 1.29 is 9.53 Å². The quantitative estimate of drug-likeness (QED) is 0.400. The minimum absolute atomic E-state index is 0.354. The molecule has 4 aromatic rings. The summed E-state index contributed by atoms with van der Waals surface area (Å²) in [6.07, 6.45) is 6.56. The number of aromatic nitrogens is 3. The normalized spacial score (nSPS) is 11.3. The van der Waals surface area contributed by atoms with Crippen LogP contribution in [-0.4, -0.2) is 28.2 Å². The Morgan fingerprint density at radius 2 is 1.93 bits per heavy atom. The van der Waals surface area contributed by atoms with Crippen molar-refractivity contribution in [1.29, 1.82) is 0 Å². The summed E-state index contributed by atoms with van der Waals surface area (Å²) in [6, 6.07) is 19.5. The lowest BCUT2D eigenvalue weighted by Gasteiger charge is -2.06. The number of ether oxygens (including phenoxy) is 1. The fourth-order valence-corrected chi connectivity index (χ4v) is 3.96. The van der Waals surface area contributed by atoms with Crippen LogP contribution in [0.2, 0.25) is 0 Å². The number of pyridine rings is 1. The minimum atomic E-state index is 0.354. The van der Waals surface area contributed by atoms with E-state index in [-0.39, 0.29) is 0 Å². The predicted octanol–water partition coefficient (Wildman–Crippen LogP) is 5.17. The summed E-state index contributed by atoms with van der Waals surface area (Å²) in [6.45, 7) is 0.354. The molecule has 2 aromatic heterocycles. The Kier molecular flexibility index (Phi) is 5.84. The number of rotatable bonds is 7. The molecule has 0 saturated heterocycles. The van der Waals surface area contributed by atoms with Crippen molar-refractivity contribution in [2.75, 3.05) is 7.11 Å². The third-order valence-electron chi connectivity index (χ3n) is 4.38. The van der Waals surface area contributed by atoms with Gasteiger partial charge in [-0.2, -0.15) is 5.10 Å². The molecule has 5 nitrogen and oxygen atoms in total. The van der Waals surface area contributed by atoms with Crippen molar-refractivity contribution in [2.45, 2.75) is 16.5 Å². The van der Waals surface area contributed by atoms with Gasteiger partial charge in [-0.3, -0.25) is 9.78 Å². The lowest BCUT2D eigenvalue weighted by atomic mass is 10.2. The van der Waals surface area contributed by atoms with Crippen LogP contribution in [0.5, 0.6) is 0 Å². The number of aldehydes is 1. The van der Waals surface area contributed by atoms with Crippen LogP contribution < -0.4 is 0 Å². The fraction of sp³-hybridized carbons (Fsp3) is 0.0870. The van der Waals surface area contributed by atoms with E-state index in [0.717, 1.165) is 38.4 Å². The van der Waals surface area contributed by atoms with E-state index in [1.807, 2.05) is 65.4 Å². The van der Waals surface area contributed by atoms with Gasteiger partial charge in [-0.15, -0.1) is 0 Å².